The molecule has 25 heavy (non-hydrogen) atoms. The maximum absolute atomic E-state index is 9.71. The molecule has 132 valence electrons. The molecule has 0 amide bonds. The van der Waals surface area contributed by atoms with Crippen LogP contribution in [-0.2, 0) is 6.54 Å². The molecule has 0 saturated heterocycles. The summed E-state index contributed by atoms with van der Waals surface area (Å²) < 4.78 is 7.69. The first-order valence-electron chi connectivity index (χ1n) is 8.91. The van der Waals surface area contributed by atoms with Crippen LogP contribution < -0.4 is 5.32 Å². The van der Waals surface area contributed by atoms with Gasteiger partial charge in [0.05, 0.1) is 24.3 Å². The van der Waals surface area contributed by atoms with E-state index < -0.39 is 0 Å². The van der Waals surface area contributed by atoms with Crippen LogP contribution in [0, 0.1) is 13.8 Å². The zero-order valence-electron chi connectivity index (χ0n) is 14.7. The summed E-state index contributed by atoms with van der Waals surface area (Å²) in [6, 6.07) is 4.24. The summed E-state index contributed by atoms with van der Waals surface area (Å²) >= 11 is 0. The summed E-state index contributed by atoms with van der Waals surface area (Å²) in [5.41, 5.74) is 3.30. The Morgan fingerprint density at radius 3 is 2.76 bits per heavy atom. The van der Waals surface area contributed by atoms with E-state index in [1.165, 1.54) is 11.3 Å². The van der Waals surface area contributed by atoms with E-state index in [9.17, 15) is 5.11 Å². The Bertz CT molecular complexity index is 861. The highest BCUT2D eigenvalue weighted by Crippen LogP contribution is 2.31. The molecule has 3 aromatic rings. The number of fused-ring (bicyclic) bond motifs is 1. The lowest BCUT2D eigenvalue weighted by atomic mass is 9.93. The fourth-order valence-electron chi connectivity index (χ4n) is 3.74. The van der Waals surface area contributed by atoms with Crippen molar-refractivity contribution in [2.75, 3.05) is 5.32 Å². The molecule has 1 fully saturated rings. The molecule has 0 radical (unpaired) electrons. The van der Waals surface area contributed by atoms with Gasteiger partial charge in [-0.05, 0) is 57.2 Å². The average Bonchev–Trinajstić information content (AvgIpc) is 3.21. The van der Waals surface area contributed by atoms with E-state index in [0.717, 1.165) is 48.3 Å². The topological polar surface area (TPSA) is 76.1 Å². The fraction of sp³-hybridized carbons (Fsp3) is 0.474. The van der Waals surface area contributed by atoms with Gasteiger partial charge < -0.3 is 19.4 Å². The second kappa shape index (κ2) is 6.52. The van der Waals surface area contributed by atoms with Gasteiger partial charge in [-0.15, -0.1) is 0 Å². The molecule has 3 aromatic heterocycles. The van der Waals surface area contributed by atoms with Gasteiger partial charge in [-0.1, -0.05) is 0 Å². The molecule has 0 unspecified atom stereocenters. The molecule has 0 aliphatic heterocycles. The Kier molecular flexibility index (Phi) is 4.21. The van der Waals surface area contributed by atoms with Crippen LogP contribution in [0.4, 0.5) is 5.82 Å². The zero-order valence-corrected chi connectivity index (χ0v) is 14.7. The molecule has 0 bridgehead atoms. The maximum Gasteiger partial charge on any atom is 0.146 e. The smallest absolute Gasteiger partial charge is 0.146 e. The Labute approximate surface area is 146 Å². The van der Waals surface area contributed by atoms with Gasteiger partial charge in [-0.3, -0.25) is 0 Å². The molecule has 3 heterocycles. The third-order valence-corrected chi connectivity index (χ3v) is 5.34. The first-order valence-corrected chi connectivity index (χ1v) is 8.91. The number of aromatic nitrogens is 3. The largest absolute Gasteiger partial charge is 0.467 e. The van der Waals surface area contributed by atoms with Gasteiger partial charge in [0.2, 0.25) is 0 Å². The van der Waals surface area contributed by atoms with Crippen LogP contribution in [0.1, 0.15) is 42.7 Å². The molecule has 4 rings (SSSR count). The van der Waals surface area contributed by atoms with Crippen molar-refractivity contribution in [3.05, 3.63) is 41.7 Å². The van der Waals surface area contributed by atoms with Crippen molar-refractivity contribution < 1.29 is 9.52 Å². The maximum atomic E-state index is 9.71. The minimum absolute atomic E-state index is 0.151. The van der Waals surface area contributed by atoms with Crippen molar-refractivity contribution in [2.45, 2.75) is 58.2 Å². The summed E-state index contributed by atoms with van der Waals surface area (Å²) in [5, 5.41) is 14.4. The molecular formula is C19H24N4O2. The first-order chi connectivity index (χ1) is 12.1. The lowest BCUT2D eigenvalue weighted by Crippen LogP contribution is -2.28. The second-order valence-electron chi connectivity index (χ2n) is 6.95. The minimum atomic E-state index is -0.151. The van der Waals surface area contributed by atoms with E-state index in [-0.39, 0.29) is 6.10 Å². The lowest BCUT2D eigenvalue weighted by Gasteiger charge is -2.26. The standard InChI is InChI=1S/C19H24N4O2/c1-12-13(2)23(10-16-4-3-9-25-16)19-17(12)18(20-11-21-19)22-14-5-7-15(24)8-6-14/h3-4,9,11,14-15,24H,5-8,10H2,1-2H3,(H,20,21,22). The monoisotopic (exact) mass is 340 g/mol. The van der Waals surface area contributed by atoms with Crippen molar-refractivity contribution >= 4 is 16.9 Å². The highest BCUT2D eigenvalue weighted by Gasteiger charge is 2.22. The Morgan fingerprint density at radius 2 is 2.04 bits per heavy atom. The van der Waals surface area contributed by atoms with Crippen LogP contribution >= 0.6 is 0 Å². The van der Waals surface area contributed by atoms with E-state index in [1.807, 2.05) is 12.1 Å². The van der Waals surface area contributed by atoms with Gasteiger partial charge in [-0.25, -0.2) is 9.97 Å². The summed E-state index contributed by atoms with van der Waals surface area (Å²) in [6.45, 7) is 4.89. The predicted molar refractivity (Wildman–Crippen MR) is 96.7 cm³/mol. The molecular weight excluding hydrogens is 316 g/mol. The number of rotatable bonds is 4. The molecule has 6 nitrogen and oxygen atoms in total. The lowest BCUT2D eigenvalue weighted by molar-refractivity contribution is 0.126. The Hall–Kier alpha value is -2.34. The molecule has 0 atom stereocenters. The summed E-state index contributed by atoms with van der Waals surface area (Å²) in [5.74, 6) is 1.81. The number of nitrogens with one attached hydrogen (secondary N) is 1. The minimum Gasteiger partial charge on any atom is -0.467 e. The average molecular weight is 340 g/mol. The number of nitrogens with zero attached hydrogens (tertiary/aromatic N) is 3. The third kappa shape index (κ3) is 3.02. The van der Waals surface area contributed by atoms with Crippen molar-refractivity contribution in [3.63, 3.8) is 0 Å². The second-order valence-corrected chi connectivity index (χ2v) is 6.95. The third-order valence-electron chi connectivity index (χ3n) is 5.34. The van der Waals surface area contributed by atoms with E-state index >= 15 is 0 Å². The normalized spacial score (nSPS) is 20.9. The Morgan fingerprint density at radius 1 is 1.24 bits per heavy atom. The SMILES string of the molecule is Cc1c(C)n(Cc2ccco2)c2ncnc(NC3CCC(O)CC3)c12. The van der Waals surface area contributed by atoms with E-state index in [0.29, 0.717) is 12.6 Å². The molecule has 0 spiro atoms. The summed E-state index contributed by atoms with van der Waals surface area (Å²) in [7, 11) is 0. The van der Waals surface area contributed by atoms with Crippen LogP contribution in [0.15, 0.2) is 29.1 Å². The number of hydrogen-bond acceptors (Lipinski definition) is 5. The van der Waals surface area contributed by atoms with Gasteiger partial charge in [0.15, 0.2) is 0 Å². The van der Waals surface area contributed by atoms with Crippen molar-refractivity contribution in [3.8, 4) is 0 Å². The number of anilines is 1. The predicted octanol–water partition coefficient (Wildman–Crippen LogP) is 3.40. The van der Waals surface area contributed by atoms with E-state index in [4.69, 9.17) is 4.42 Å². The molecule has 1 aliphatic rings. The fourth-order valence-corrected chi connectivity index (χ4v) is 3.74. The van der Waals surface area contributed by atoms with E-state index in [2.05, 4.69) is 33.7 Å². The number of aliphatic hydroxyl groups excluding tert-OH is 1. The summed E-state index contributed by atoms with van der Waals surface area (Å²) in [6.07, 6.45) is 6.81. The van der Waals surface area contributed by atoms with Crippen LogP contribution in [-0.4, -0.2) is 31.8 Å². The zero-order chi connectivity index (χ0) is 17.4. The molecule has 0 aromatic carbocycles. The number of furan rings is 1. The number of aliphatic hydroxyl groups is 1. The van der Waals surface area contributed by atoms with Crippen LogP contribution in [0.2, 0.25) is 0 Å². The number of hydrogen-bond donors (Lipinski definition) is 2. The van der Waals surface area contributed by atoms with Crippen LogP contribution in [0.25, 0.3) is 11.0 Å². The van der Waals surface area contributed by atoms with Gasteiger partial charge in [0.1, 0.15) is 23.6 Å². The van der Waals surface area contributed by atoms with Crippen LogP contribution in [0.3, 0.4) is 0 Å². The van der Waals surface area contributed by atoms with Crippen molar-refractivity contribution in [1.29, 1.82) is 0 Å². The van der Waals surface area contributed by atoms with Gasteiger partial charge in [0.25, 0.3) is 0 Å². The highest BCUT2D eigenvalue weighted by molar-refractivity contribution is 5.92. The van der Waals surface area contributed by atoms with Crippen LogP contribution in [0.5, 0.6) is 0 Å². The molecule has 1 saturated carbocycles. The van der Waals surface area contributed by atoms with Gasteiger partial charge >= 0.3 is 0 Å². The molecule has 6 heteroatoms. The van der Waals surface area contributed by atoms with Crippen molar-refractivity contribution in [1.82, 2.24) is 14.5 Å². The van der Waals surface area contributed by atoms with Gasteiger partial charge in [-0.2, -0.15) is 0 Å². The highest BCUT2D eigenvalue weighted by atomic mass is 16.3. The first kappa shape index (κ1) is 16.1. The van der Waals surface area contributed by atoms with E-state index in [1.54, 1.807) is 12.6 Å². The summed E-state index contributed by atoms with van der Waals surface area (Å²) in [4.78, 5) is 9.05. The Balaban J connectivity index is 1.69. The quantitative estimate of drug-likeness (QED) is 0.761. The van der Waals surface area contributed by atoms with Gasteiger partial charge in [0, 0.05) is 11.7 Å². The molecule has 1 aliphatic carbocycles. The van der Waals surface area contributed by atoms with Crippen molar-refractivity contribution in [2.24, 2.45) is 0 Å². The number of aryl methyl sites for hydroxylation is 1. The molecule has 2 N–H and O–H groups in total.